The molecular formula is C16H26N5O7P. The molecule has 0 radical (unpaired) electrons. The topological polar surface area (TPSA) is 175 Å². The van der Waals surface area contributed by atoms with Crippen LogP contribution in [0.5, 0.6) is 0 Å². The van der Waals surface area contributed by atoms with Crippen LogP contribution in [0.3, 0.4) is 0 Å². The first-order valence-electron chi connectivity index (χ1n) is 9.46. The molecule has 5 N–H and O–H groups in total. The van der Waals surface area contributed by atoms with E-state index in [2.05, 4.69) is 21.9 Å². The number of hydrogen-bond acceptors (Lipinski definition) is 9. The van der Waals surface area contributed by atoms with E-state index in [9.17, 15) is 19.4 Å². The number of ether oxygens (including phenoxy) is 2. The largest absolute Gasteiger partial charge is 0.394 e. The van der Waals surface area contributed by atoms with E-state index in [4.69, 9.17) is 19.7 Å². The Bertz CT molecular complexity index is 903. The van der Waals surface area contributed by atoms with Gasteiger partial charge in [0.1, 0.15) is 18.3 Å². The highest BCUT2D eigenvalue weighted by molar-refractivity contribution is 7.32. The quantitative estimate of drug-likeness (QED) is 0.303. The second kappa shape index (κ2) is 9.79. The molecule has 2 aromatic heterocycles. The monoisotopic (exact) mass is 431 g/mol. The van der Waals surface area contributed by atoms with Crippen LogP contribution in [0, 0.1) is 0 Å². The Balaban J connectivity index is 1.91. The molecule has 29 heavy (non-hydrogen) atoms. The van der Waals surface area contributed by atoms with Gasteiger partial charge in [-0.05, 0) is 6.42 Å². The predicted molar refractivity (Wildman–Crippen MR) is 104 cm³/mol. The van der Waals surface area contributed by atoms with Crippen molar-refractivity contribution in [3.05, 3.63) is 16.7 Å². The SMILES string of the molecule is CCCCCCOC1C(O[PH](=O)O)[C@@H](CO)O[C@H]1n1cnc2c(=O)[nH]c(N)nc21. The molecule has 3 heterocycles. The second-order valence-electron chi connectivity index (χ2n) is 6.77. The Morgan fingerprint density at radius 3 is 2.86 bits per heavy atom. The van der Waals surface area contributed by atoms with Crippen LogP contribution in [-0.4, -0.2) is 61.0 Å². The van der Waals surface area contributed by atoms with Crippen LogP contribution in [0.4, 0.5) is 5.95 Å². The van der Waals surface area contributed by atoms with Crippen LogP contribution in [0.15, 0.2) is 11.1 Å². The van der Waals surface area contributed by atoms with Gasteiger partial charge in [0, 0.05) is 6.61 Å². The number of imidazole rings is 1. The molecule has 1 saturated heterocycles. The van der Waals surface area contributed by atoms with Crippen molar-refractivity contribution in [3.63, 3.8) is 0 Å². The Labute approximate surface area is 167 Å². The average Bonchev–Trinajstić information content (AvgIpc) is 3.22. The highest BCUT2D eigenvalue weighted by Crippen LogP contribution is 2.38. The van der Waals surface area contributed by atoms with Gasteiger partial charge in [-0.2, -0.15) is 4.98 Å². The third-order valence-corrected chi connectivity index (χ3v) is 5.21. The van der Waals surface area contributed by atoms with Gasteiger partial charge in [-0.1, -0.05) is 26.2 Å². The van der Waals surface area contributed by atoms with Crippen molar-refractivity contribution in [2.24, 2.45) is 0 Å². The number of anilines is 1. The summed E-state index contributed by atoms with van der Waals surface area (Å²) >= 11 is 0. The molecular weight excluding hydrogens is 405 g/mol. The fourth-order valence-corrected chi connectivity index (χ4v) is 3.91. The molecule has 1 fully saturated rings. The van der Waals surface area contributed by atoms with Gasteiger partial charge in [0.15, 0.2) is 17.4 Å². The summed E-state index contributed by atoms with van der Waals surface area (Å²) in [6.07, 6.45) is 1.65. The highest BCUT2D eigenvalue weighted by atomic mass is 31.1. The molecule has 162 valence electrons. The van der Waals surface area contributed by atoms with Gasteiger partial charge in [-0.3, -0.25) is 18.9 Å². The molecule has 0 amide bonds. The van der Waals surface area contributed by atoms with Crippen LogP contribution in [0.25, 0.3) is 11.2 Å². The lowest BCUT2D eigenvalue weighted by Gasteiger charge is -2.24. The Kier molecular flexibility index (Phi) is 7.38. The van der Waals surface area contributed by atoms with Crippen molar-refractivity contribution in [1.82, 2.24) is 19.5 Å². The molecule has 2 aromatic rings. The minimum absolute atomic E-state index is 0.0603. The van der Waals surface area contributed by atoms with Crippen molar-refractivity contribution in [2.45, 2.75) is 57.1 Å². The minimum atomic E-state index is -3.31. The first-order chi connectivity index (χ1) is 14.0. The third kappa shape index (κ3) is 4.85. The molecule has 5 atom stereocenters. The van der Waals surface area contributed by atoms with Gasteiger partial charge in [-0.25, -0.2) is 4.98 Å². The number of nitrogen functional groups attached to an aromatic ring is 1. The van der Waals surface area contributed by atoms with Gasteiger partial charge in [-0.15, -0.1) is 0 Å². The van der Waals surface area contributed by atoms with E-state index in [1.165, 1.54) is 10.9 Å². The first-order valence-corrected chi connectivity index (χ1v) is 10.7. The van der Waals surface area contributed by atoms with Crippen molar-refractivity contribution < 1.29 is 28.6 Å². The Morgan fingerprint density at radius 1 is 1.38 bits per heavy atom. The van der Waals surface area contributed by atoms with E-state index in [0.29, 0.717) is 6.61 Å². The highest BCUT2D eigenvalue weighted by Gasteiger charge is 2.48. The zero-order valence-electron chi connectivity index (χ0n) is 16.0. The molecule has 0 saturated carbocycles. The van der Waals surface area contributed by atoms with Gasteiger partial charge in [0.25, 0.3) is 5.56 Å². The van der Waals surface area contributed by atoms with Crippen LogP contribution in [0.2, 0.25) is 0 Å². The number of fused-ring (bicyclic) bond motifs is 1. The molecule has 1 aliphatic rings. The van der Waals surface area contributed by atoms with Crippen molar-refractivity contribution in [1.29, 1.82) is 0 Å². The van der Waals surface area contributed by atoms with E-state index in [1.807, 2.05) is 0 Å². The average molecular weight is 431 g/mol. The summed E-state index contributed by atoms with van der Waals surface area (Å²) < 4.78 is 29.7. The van der Waals surface area contributed by atoms with Gasteiger partial charge in [0.05, 0.1) is 12.9 Å². The number of aromatic nitrogens is 4. The summed E-state index contributed by atoms with van der Waals surface area (Å²) in [4.78, 5) is 31.9. The predicted octanol–water partition coefficient (Wildman–Crippen LogP) is 0.324. The van der Waals surface area contributed by atoms with Crippen molar-refractivity contribution in [2.75, 3.05) is 18.9 Å². The minimum Gasteiger partial charge on any atom is -0.394 e. The smallest absolute Gasteiger partial charge is 0.317 e. The lowest BCUT2D eigenvalue weighted by atomic mass is 10.1. The molecule has 13 heteroatoms. The first kappa shape index (κ1) is 21.9. The number of nitrogens with one attached hydrogen (secondary N) is 1. The van der Waals surface area contributed by atoms with Gasteiger partial charge in [0.2, 0.25) is 5.95 Å². The number of aliphatic hydroxyl groups is 1. The lowest BCUT2D eigenvalue weighted by Crippen LogP contribution is -2.37. The van der Waals surface area contributed by atoms with Crippen molar-refractivity contribution in [3.8, 4) is 0 Å². The van der Waals surface area contributed by atoms with Crippen LogP contribution in [-0.2, 0) is 18.6 Å². The lowest BCUT2D eigenvalue weighted by molar-refractivity contribution is -0.0705. The van der Waals surface area contributed by atoms with Gasteiger partial charge < -0.3 is 29.7 Å². The summed E-state index contributed by atoms with van der Waals surface area (Å²) in [5, 5.41) is 9.68. The number of aromatic amines is 1. The third-order valence-electron chi connectivity index (χ3n) is 4.74. The second-order valence-corrected chi connectivity index (χ2v) is 7.53. The number of aliphatic hydroxyl groups excluding tert-OH is 1. The maximum atomic E-state index is 12.1. The molecule has 0 aromatic carbocycles. The number of rotatable bonds is 10. The maximum Gasteiger partial charge on any atom is 0.317 e. The molecule has 3 unspecified atom stereocenters. The molecule has 12 nitrogen and oxygen atoms in total. The number of hydrogen-bond donors (Lipinski definition) is 4. The molecule has 0 spiro atoms. The summed E-state index contributed by atoms with van der Waals surface area (Å²) in [7, 11) is -3.31. The fraction of sp³-hybridized carbons (Fsp3) is 0.688. The molecule has 3 rings (SSSR count). The van der Waals surface area contributed by atoms with Crippen LogP contribution < -0.4 is 11.3 Å². The fourth-order valence-electron chi connectivity index (χ4n) is 3.39. The standard InChI is InChI=1S/C16H26N5O7P/c1-2-3-4-5-6-26-12-11(28-29(24)25)9(7-22)27-15(12)21-8-18-10-13(21)19-16(17)20-14(10)23/h8-9,11-12,15,22,29H,2-7H2,1H3,(H,24,25)(H3,17,19,20,23)/t9-,11?,12?,15-/m1/s1. The summed E-state index contributed by atoms with van der Waals surface area (Å²) in [5.74, 6) is -0.0915. The van der Waals surface area contributed by atoms with Crippen LogP contribution in [0.1, 0.15) is 38.8 Å². The van der Waals surface area contributed by atoms with Crippen LogP contribution >= 0.6 is 8.25 Å². The number of unbranched alkanes of at least 4 members (excludes halogenated alkanes) is 3. The summed E-state index contributed by atoms with van der Waals surface area (Å²) in [5.41, 5.74) is 5.37. The normalized spacial score (nSPS) is 25.6. The number of H-pyrrole nitrogens is 1. The Morgan fingerprint density at radius 2 is 2.17 bits per heavy atom. The number of nitrogens with zero attached hydrogens (tertiary/aromatic N) is 3. The van der Waals surface area contributed by atoms with E-state index in [1.54, 1.807) is 0 Å². The van der Waals surface area contributed by atoms with Gasteiger partial charge >= 0.3 is 8.25 Å². The summed E-state index contributed by atoms with van der Waals surface area (Å²) in [6.45, 7) is 2.02. The van der Waals surface area contributed by atoms with E-state index in [0.717, 1.165) is 25.7 Å². The maximum absolute atomic E-state index is 12.1. The number of nitrogens with two attached hydrogens (primary N) is 1. The van der Waals surface area contributed by atoms with E-state index >= 15 is 0 Å². The molecule has 0 aliphatic carbocycles. The summed E-state index contributed by atoms with van der Waals surface area (Å²) in [6, 6.07) is 0. The van der Waals surface area contributed by atoms with Crippen molar-refractivity contribution >= 4 is 25.4 Å². The van der Waals surface area contributed by atoms with E-state index < -0.39 is 45.0 Å². The Hall–Kier alpha value is -1.82. The zero-order chi connectivity index (χ0) is 21.0. The van der Waals surface area contributed by atoms with E-state index in [-0.39, 0.29) is 17.1 Å². The molecule has 0 bridgehead atoms. The molecule has 1 aliphatic heterocycles. The zero-order valence-corrected chi connectivity index (χ0v) is 17.0.